The SMILES string of the molecule is Cn1cnc(CCNS(=O)(=O)CCCCN)n1. The Labute approximate surface area is 101 Å². The van der Waals surface area contributed by atoms with Crippen molar-refractivity contribution in [3.8, 4) is 0 Å². The molecule has 0 aliphatic rings. The van der Waals surface area contributed by atoms with Crippen molar-refractivity contribution in [2.45, 2.75) is 19.3 Å². The highest BCUT2D eigenvalue weighted by molar-refractivity contribution is 7.89. The van der Waals surface area contributed by atoms with E-state index in [-0.39, 0.29) is 5.75 Å². The van der Waals surface area contributed by atoms with Crippen LogP contribution in [0, 0.1) is 0 Å². The largest absolute Gasteiger partial charge is 0.330 e. The molecule has 1 heterocycles. The van der Waals surface area contributed by atoms with Crippen LogP contribution >= 0.6 is 0 Å². The number of unbranched alkanes of at least 4 members (excludes halogenated alkanes) is 1. The molecule has 3 N–H and O–H groups in total. The highest BCUT2D eigenvalue weighted by atomic mass is 32.2. The minimum Gasteiger partial charge on any atom is -0.330 e. The fourth-order valence-corrected chi connectivity index (χ4v) is 2.47. The Morgan fingerprint density at radius 2 is 2.24 bits per heavy atom. The predicted molar refractivity (Wildman–Crippen MR) is 64.8 cm³/mol. The van der Waals surface area contributed by atoms with Crippen molar-refractivity contribution in [1.82, 2.24) is 19.5 Å². The maximum atomic E-state index is 11.5. The summed E-state index contributed by atoms with van der Waals surface area (Å²) in [5.41, 5.74) is 5.30. The third-order valence-electron chi connectivity index (χ3n) is 2.18. The van der Waals surface area contributed by atoms with Gasteiger partial charge in [-0.2, -0.15) is 5.10 Å². The van der Waals surface area contributed by atoms with Crippen molar-refractivity contribution < 1.29 is 8.42 Å². The van der Waals surface area contributed by atoms with E-state index >= 15 is 0 Å². The Kier molecular flexibility index (Phi) is 5.52. The van der Waals surface area contributed by atoms with E-state index in [2.05, 4.69) is 14.8 Å². The zero-order chi connectivity index (χ0) is 12.7. The van der Waals surface area contributed by atoms with E-state index < -0.39 is 10.0 Å². The first kappa shape index (κ1) is 14.1. The van der Waals surface area contributed by atoms with Gasteiger partial charge >= 0.3 is 0 Å². The molecule has 0 radical (unpaired) electrons. The number of rotatable bonds is 8. The molecule has 1 rings (SSSR count). The first-order valence-electron chi connectivity index (χ1n) is 5.55. The number of nitrogens with two attached hydrogens (primary N) is 1. The Morgan fingerprint density at radius 1 is 1.47 bits per heavy atom. The number of aryl methyl sites for hydroxylation is 1. The standard InChI is InChI=1S/C9H19N5O2S/c1-14-8-11-9(13-14)4-6-12-17(15,16)7-3-2-5-10/h8,12H,2-7,10H2,1H3. The third-order valence-corrected chi connectivity index (χ3v) is 3.65. The molecule has 17 heavy (non-hydrogen) atoms. The van der Waals surface area contributed by atoms with E-state index in [1.54, 1.807) is 18.1 Å². The van der Waals surface area contributed by atoms with Crippen molar-refractivity contribution in [1.29, 1.82) is 0 Å². The number of nitrogens with one attached hydrogen (secondary N) is 1. The summed E-state index contributed by atoms with van der Waals surface area (Å²) in [5.74, 6) is 0.761. The molecule has 0 atom stereocenters. The van der Waals surface area contributed by atoms with Crippen LogP contribution in [0.15, 0.2) is 6.33 Å². The zero-order valence-electron chi connectivity index (χ0n) is 9.96. The molecule has 98 valence electrons. The second kappa shape index (κ2) is 6.67. The quantitative estimate of drug-likeness (QED) is 0.585. The van der Waals surface area contributed by atoms with Gasteiger partial charge in [-0.1, -0.05) is 0 Å². The highest BCUT2D eigenvalue weighted by Crippen LogP contribution is 1.94. The predicted octanol–water partition coefficient (Wildman–Crippen LogP) is -0.984. The molecule has 1 aromatic heterocycles. The second-order valence-corrected chi connectivity index (χ2v) is 5.72. The fraction of sp³-hybridized carbons (Fsp3) is 0.778. The number of sulfonamides is 1. The lowest BCUT2D eigenvalue weighted by Crippen LogP contribution is -2.28. The minimum atomic E-state index is -3.19. The Bertz CT molecular complexity index is 428. The summed E-state index contributed by atoms with van der Waals surface area (Å²) in [4.78, 5) is 4.01. The van der Waals surface area contributed by atoms with Crippen LogP contribution in [0.1, 0.15) is 18.7 Å². The number of hydrogen-bond donors (Lipinski definition) is 2. The summed E-state index contributed by atoms with van der Waals surface area (Å²) in [6.07, 6.45) is 3.40. The van der Waals surface area contributed by atoms with Crippen molar-refractivity contribution in [3.05, 3.63) is 12.2 Å². The molecular formula is C9H19N5O2S. The van der Waals surface area contributed by atoms with Gasteiger partial charge in [0, 0.05) is 20.0 Å². The van der Waals surface area contributed by atoms with Gasteiger partial charge in [0.15, 0.2) is 5.82 Å². The number of nitrogens with zero attached hydrogens (tertiary/aromatic N) is 3. The summed E-state index contributed by atoms with van der Waals surface area (Å²) in [5, 5.41) is 4.06. The average molecular weight is 261 g/mol. The van der Waals surface area contributed by atoms with Crippen LogP contribution in [0.4, 0.5) is 0 Å². The van der Waals surface area contributed by atoms with Crippen LogP contribution < -0.4 is 10.5 Å². The van der Waals surface area contributed by atoms with Gasteiger partial charge in [-0.25, -0.2) is 18.1 Å². The van der Waals surface area contributed by atoms with Gasteiger partial charge in [-0.3, -0.25) is 4.68 Å². The van der Waals surface area contributed by atoms with E-state index in [1.165, 1.54) is 0 Å². The van der Waals surface area contributed by atoms with E-state index in [0.29, 0.717) is 31.8 Å². The van der Waals surface area contributed by atoms with Crippen LogP contribution in [0.25, 0.3) is 0 Å². The minimum absolute atomic E-state index is 0.125. The van der Waals surface area contributed by atoms with Crippen LogP contribution in [0.3, 0.4) is 0 Å². The molecule has 0 fully saturated rings. The van der Waals surface area contributed by atoms with E-state index in [9.17, 15) is 8.42 Å². The number of hydrogen-bond acceptors (Lipinski definition) is 5. The lowest BCUT2D eigenvalue weighted by Gasteiger charge is -2.04. The van der Waals surface area contributed by atoms with Gasteiger partial charge in [0.05, 0.1) is 5.75 Å². The summed E-state index contributed by atoms with van der Waals surface area (Å²) in [6, 6.07) is 0. The number of aromatic nitrogens is 3. The Morgan fingerprint density at radius 3 is 2.82 bits per heavy atom. The van der Waals surface area contributed by atoms with Crippen molar-refractivity contribution in [2.24, 2.45) is 12.8 Å². The second-order valence-electron chi connectivity index (χ2n) is 3.79. The monoisotopic (exact) mass is 261 g/mol. The normalized spacial score (nSPS) is 11.9. The molecular weight excluding hydrogens is 242 g/mol. The van der Waals surface area contributed by atoms with Crippen LogP contribution in [0.2, 0.25) is 0 Å². The first-order chi connectivity index (χ1) is 8.03. The molecule has 0 aliphatic heterocycles. The highest BCUT2D eigenvalue weighted by Gasteiger charge is 2.09. The van der Waals surface area contributed by atoms with E-state index in [4.69, 9.17) is 5.73 Å². The summed E-state index contributed by atoms with van der Waals surface area (Å²) < 4.78 is 27.1. The maximum Gasteiger partial charge on any atom is 0.211 e. The van der Waals surface area contributed by atoms with Crippen LogP contribution in [-0.4, -0.2) is 42.0 Å². The molecule has 0 aliphatic carbocycles. The topological polar surface area (TPSA) is 103 Å². The molecule has 0 unspecified atom stereocenters. The molecule has 0 amide bonds. The molecule has 8 heteroatoms. The zero-order valence-corrected chi connectivity index (χ0v) is 10.8. The molecule has 0 bridgehead atoms. The van der Waals surface area contributed by atoms with Gasteiger partial charge in [0.25, 0.3) is 0 Å². The maximum absolute atomic E-state index is 11.5. The van der Waals surface area contributed by atoms with E-state index in [1.807, 2.05) is 0 Å². The van der Waals surface area contributed by atoms with Crippen LogP contribution in [0.5, 0.6) is 0 Å². The Hall–Kier alpha value is -0.990. The molecule has 0 saturated carbocycles. The molecule has 0 saturated heterocycles. The first-order valence-corrected chi connectivity index (χ1v) is 7.20. The van der Waals surface area contributed by atoms with Crippen molar-refractivity contribution >= 4 is 10.0 Å². The lowest BCUT2D eigenvalue weighted by molar-refractivity contribution is 0.576. The van der Waals surface area contributed by atoms with Gasteiger partial charge in [0.2, 0.25) is 10.0 Å². The van der Waals surface area contributed by atoms with Gasteiger partial charge in [-0.05, 0) is 19.4 Å². The lowest BCUT2D eigenvalue weighted by atomic mass is 10.3. The van der Waals surface area contributed by atoms with Crippen molar-refractivity contribution in [3.63, 3.8) is 0 Å². The summed E-state index contributed by atoms with van der Waals surface area (Å²) in [6.45, 7) is 0.850. The fourth-order valence-electron chi connectivity index (χ4n) is 1.33. The summed E-state index contributed by atoms with van der Waals surface area (Å²) in [7, 11) is -1.41. The summed E-state index contributed by atoms with van der Waals surface area (Å²) >= 11 is 0. The molecule has 0 aromatic carbocycles. The van der Waals surface area contributed by atoms with Gasteiger partial charge in [-0.15, -0.1) is 0 Å². The smallest absolute Gasteiger partial charge is 0.211 e. The molecule has 0 spiro atoms. The van der Waals surface area contributed by atoms with Gasteiger partial charge in [0.1, 0.15) is 6.33 Å². The van der Waals surface area contributed by atoms with Gasteiger partial charge < -0.3 is 5.73 Å². The molecule has 7 nitrogen and oxygen atoms in total. The van der Waals surface area contributed by atoms with E-state index in [0.717, 1.165) is 6.42 Å². The Balaban J connectivity index is 2.25. The van der Waals surface area contributed by atoms with Crippen molar-refractivity contribution in [2.75, 3.05) is 18.8 Å². The van der Waals surface area contributed by atoms with Crippen LogP contribution in [-0.2, 0) is 23.5 Å². The average Bonchev–Trinajstić information content (AvgIpc) is 2.64. The molecule has 1 aromatic rings. The third kappa shape index (κ3) is 5.76.